The second kappa shape index (κ2) is 4.30. The average molecular weight is 168 g/mol. The number of hydrogen-bond acceptors (Lipinski definition) is 0. The molecule has 2 unspecified atom stereocenters. The first-order valence-corrected chi connectivity index (χ1v) is 5.69. The summed E-state index contributed by atoms with van der Waals surface area (Å²) < 4.78 is 0. The van der Waals surface area contributed by atoms with E-state index in [0.29, 0.717) is 5.41 Å². The molecule has 0 nitrogen and oxygen atoms in total. The first-order chi connectivity index (χ1) is 5.69. The van der Waals surface area contributed by atoms with Crippen LogP contribution in [0.4, 0.5) is 0 Å². The molecule has 0 heterocycles. The summed E-state index contributed by atoms with van der Waals surface area (Å²) in [5.41, 5.74) is 0.672. The van der Waals surface area contributed by atoms with E-state index in [1.165, 1.54) is 44.9 Å². The Morgan fingerprint density at radius 1 is 1.25 bits per heavy atom. The molecule has 1 aliphatic rings. The molecule has 0 heteroatoms. The minimum absolute atomic E-state index is 0.672. The fourth-order valence-electron chi connectivity index (χ4n) is 2.69. The van der Waals surface area contributed by atoms with E-state index < -0.39 is 0 Å². The third-order valence-electron chi connectivity index (χ3n) is 3.90. The molecule has 0 amide bonds. The standard InChI is InChI=1S/C12H24/c1-4-9-12(3)10-7-5-6-8-11(12)2/h11H,4-10H2,1-3H3. The molecule has 12 heavy (non-hydrogen) atoms. The summed E-state index contributed by atoms with van der Waals surface area (Å²) in [7, 11) is 0. The minimum Gasteiger partial charge on any atom is -0.0654 e. The zero-order valence-corrected chi connectivity index (χ0v) is 9.03. The Hall–Kier alpha value is 0. The Morgan fingerprint density at radius 2 is 2.00 bits per heavy atom. The predicted octanol–water partition coefficient (Wildman–Crippen LogP) is 4.39. The van der Waals surface area contributed by atoms with Crippen molar-refractivity contribution in [3.8, 4) is 0 Å². The van der Waals surface area contributed by atoms with Crippen LogP contribution < -0.4 is 0 Å². The summed E-state index contributed by atoms with van der Waals surface area (Å²) in [6.07, 6.45) is 10.2. The molecular weight excluding hydrogens is 144 g/mol. The predicted molar refractivity (Wildman–Crippen MR) is 55.3 cm³/mol. The monoisotopic (exact) mass is 168 g/mol. The van der Waals surface area contributed by atoms with Crippen molar-refractivity contribution in [3.05, 3.63) is 0 Å². The fraction of sp³-hybridized carbons (Fsp3) is 1.00. The van der Waals surface area contributed by atoms with Crippen LogP contribution in [0, 0.1) is 11.3 Å². The van der Waals surface area contributed by atoms with Crippen LogP contribution in [-0.2, 0) is 0 Å². The average Bonchev–Trinajstić information content (AvgIpc) is 2.17. The Bertz CT molecular complexity index is 128. The Balaban J connectivity index is 2.55. The molecule has 1 aliphatic carbocycles. The topological polar surface area (TPSA) is 0 Å². The van der Waals surface area contributed by atoms with Crippen molar-refractivity contribution >= 4 is 0 Å². The van der Waals surface area contributed by atoms with Gasteiger partial charge in [0.25, 0.3) is 0 Å². The Labute approximate surface area is 77.7 Å². The zero-order valence-electron chi connectivity index (χ0n) is 9.03. The Morgan fingerprint density at radius 3 is 2.67 bits per heavy atom. The third-order valence-corrected chi connectivity index (χ3v) is 3.90. The number of hydrogen-bond donors (Lipinski definition) is 0. The van der Waals surface area contributed by atoms with Gasteiger partial charge in [0.2, 0.25) is 0 Å². The second-order valence-corrected chi connectivity index (χ2v) is 4.90. The van der Waals surface area contributed by atoms with Crippen molar-refractivity contribution < 1.29 is 0 Å². The highest BCUT2D eigenvalue weighted by molar-refractivity contribution is 4.81. The molecule has 0 aromatic rings. The molecule has 0 aromatic carbocycles. The molecule has 72 valence electrons. The van der Waals surface area contributed by atoms with Crippen molar-refractivity contribution in [2.75, 3.05) is 0 Å². The van der Waals surface area contributed by atoms with Crippen LogP contribution in [0.5, 0.6) is 0 Å². The van der Waals surface area contributed by atoms with Gasteiger partial charge >= 0.3 is 0 Å². The molecule has 1 fully saturated rings. The quantitative estimate of drug-likeness (QED) is 0.536. The first kappa shape index (κ1) is 10.1. The van der Waals surface area contributed by atoms with Gasteiger partial charge in [-0.1, -0.05) is 52.9 Å². The first-order valence-electron chi connectivity index (χ1n) is 5.69. The summed E-state index contributed by atoms with van der Waals surface area (Å²) in [6.45, 7) is 7.29. The van der Waals surface area contributed by atoms with Gasteiger partial charge in [-0.25, -0.2) is 0 Å². The van der Waals surface area contributed by atoms with Gasteiger partial charge in [-0.15, -0.1) is 0 Å². The van der Waals surface area contributed by atoms with Gasteiger partial charge < -0.3 is 0 Å². The third kappa shape index (κ3) is 2.24. The molecule has 2 atom stereocenters. The lowest BCUT2D eigenvalue weighted by molar-refractivity contribution is 0.168. The largest absolute Gasteiger partial charge is 0.0654 e. The van der Waals surface area contributed by atoms with E-state index in [0.717, 1.165) is 5.92 Å². The lowest BCUT2D eigenvalue weighted by atomic mass is 9.71. The van der Waals surface area contributed by atoms with Crippen LogP contribution in [-0.4, -0.2) is 0 Å². The van der Waals surface area contributed by atoms with Crippen molar-refractivity contribution in [2.45, 2.75) is 65.7 Å². The van der Waals surface area contributed by atoms with Crippen molar-refractivity contribution in [2.24, 2.45) is 11.3 Å². The van der Waals surface area contributed by atoms with E-state index in [-0.39, 0.29) is 0 Å². The SMILES string of the molecule is CCCC1(C)CCCCCC1C. The highest BCUT2D eigenvalue weighted by Gasteiger charge is 2.30. The zero-order chi connectivity index (χ0) is 9.03. The van der Waals surface area contributed by atoms with Crippen LogP contribution in [0.1, 0.15) is 65.7 Å². The second-order valence-electron chi connectivity index (χ2n) is 4.90. The van der Waals surface area contributed by atoms with E-state index in [4.69, 9.17) is 0 Å². The van der Waals surface area contributed by atoms with E-state index in [9.17, 15) is 0 Å². The molecule has 0 N–H and O–H groups in total. The maximum Gasteiger partial charge on any atom is -0.0300 e. The molecule has 1 rings (SSSR count). The lowest BCUT2D eigenvalue weighted by Gasteiger charge is -2.34. The van der Waals surface area contributed by atoms with Gasteiger partial charge in [-0.05, 0) is 24.2 Å². The maximum atomic E-state index is 2.51. The molecule has 0 spiro atoms. The van der Waals surface area contributed by atoms with Crippen LogP contribution >= 0.6 is 0 Å². The van der Waals surface area contributed by atoms with Gasteiger partial charge in [0.15, 0.2) is 0 Å². The molecule has 0 aromatic heterocycles. The highest BCUT2D eigenvalue weighted by Crippen LogP contribution is 2.42. The summed E-state index contributed by atoms with van der Waals surface area (Å²) in [5, 5.41) is 0. The molecule has 0 radical (unpaired) electrons. The summed E-state index contributed by atoms with van der Waals surface area (Å²) in [6, 6.07) is 0. The van der Waals surface area contributed by atoms with Gasteiger partial charge in [0, 0.05) is 0 Å². The van der Waals surface area contributed by atoms with E-state index >= 15 is 0 Å². The smallest absolute Gasteiger partial charge is 0.0300 e. The van der Waals surface area contributed by atoms with Gasteiger partial charge in [-0.3, -0.25) is 0 Å². The van der Waals surface area contributed by atoms with Crippen LogP contribution in [0.15, 0.2) is 0 Å². The van der Waals surface area contributed by atoms with Crippen LogP contribution in [0.2, 0.25) is 0 Å². The van der Waals surface area contributed by atoms with E-state index in [1.807, 2.05) is 0 Å². The molecule has 0 aliphatic heterocycles. The van der Waals surface area contributed by atoms with E-state index in [2.05, 4.69) is 20.8 Å². The van der Waals surface area contributed by atoms with Crippen LogP contribution in [0.25, 0.3) is 0 Å². The van der Waals surface area contributed by atoms with Gasteiger partial charge in [0.05, 0.1) is 0 Å². The molecule has 0 saturated heterocycles. The van der Waals surface area contributed by atoms with Gasteiger partial charge in [-0.2, -0.15) is 0 Å². The van der Waals surface area contributed by atoms with Gasteiger partial charge in [0.1, 0.15) is 0 Å². The summed E-state index contributed by atoms with van der Waals surface area (Å²) >= 11 is 0. The normalized spacial score (nSPS) is 37.8. The number of rotatable bonds is 2. The van der Waals surface area contributed by atoms with Crippen LogP contribution in [0.3, 0.4) is 0 Å². The molecule has 0 bridgehead atoms. The molecular formula is C12H24. The summed E-state index contributed by atoms with van der Waals surface area (Å²) in [5.74, 6) is 0.958. The highest BCUT2D eigenvalue weighted by atomic mass is 14.4. The van der Waals surface area contributed by atoms with E-state index in [1.54, 1.807) is 0 Å². The Kier molecular flexibility index (Phi) is 3.61. The lowest BCUT2D eigenvalue weighted by Crippen LogP contribution is -2.23. The molecule has 1 saturated carbocycles. The van der Waals surface area contributed by atoms with Crippen molar-refractivity contribution in [1.82, 2.24) is 0 Å². The van der Waals surface area contributed by atoms with Crippen molar-refractivity contribution in [1.29, 1.82) is 0 Å². The van der Waals surface area contributed by atoms with Crippen molar-refractivity contribution in [3.63, 3.8) is 0 Å². The minimum atomic E-state index is 0.672. The fourth-order valence-corrected chi connectivity index (χ4v) is 2.69. The summed E-state index contributed by atoms with van der Waals surface area (Å²) in [4.78, 5) is 0. The maximum absolute atomic E-state index is 2.51.